The first-order valence-corrected chi connectivity index (χ1v) is 12.9. The second-order valence-electron chi connectivity index (χ2n) is 5.61. The van der Waals surface area contributed by atoms with Gasteiger partial charge in [0.15, 0.2) is 5.82 Å². The number of halogens is 2. The highest BCUT2D eigenvalue weighted by molar-refractivity contribution is 9.10. The Labute approximate surface area is 156 Å². The lowest BCUT2D eigenvalue weighted by molar-refractivity contribution is 0.0718. The summed E-state index contributed by atoms with van der Waals surface area (Å²) in [6.07, 6.45) is 1.10. The van der Waals surface area contributed by atoms with Gasteiger partial charge in [-0.05, 0) is 24.2 Å². The highest BCUT2D eigenvalue weighted by Crippen LogP contribution is 2.29. The van der Waals surface area contributed by atoms with Gasteiger partial charge in [-0.3, -0.25) is 0 Å². The molecule has 24 heavy (non-hydrogen) atoms. The van der Waals surface area contributed by atoms with Gasteiger partial charge in [0.1, 0.15) is 6.73 Å². The molecule has 6 nitrogen and oxygen atoms in total. The van der Waals surface area contributed by atoms with Crippen molar-refractivity contribution in [2.45, 2.75) is 31.0 Å². The van der Waals surface area contributed by atoms with Crippen LogP contribution in [-0.4, -0.2) is 44.8 Å². The second-order valence-corrected chi connectivity index (χ2v) is 11.8. The molecule has 0 bridgehead atoms. The third kappa shape index (κ3) is 5.12. The Hall–Kier alpha value is -0.743. The maximum Gasteiger partial charge on any atom is 0.248 e. The first-order valence-electron chi connectivity index (χ1n) is 7.15. The van der Waals surface area contributed by atoms with E-state index in [1.54, 1.807) is 18.2 Å². The van der Waals surface area contributed by atoms with Crippen molar-refractivity contribution in [1.82, 2.24) is 14.8 Å². The third-order valence-corrected chi connectivity index (χ3v) is 6.08. The molecule has 131 valence electrons. The molecule has 0 aliphatic heterocycles. The van der Waals surface area contributed by atoms with Crippen LogP contribution in [0, 0.1) is 0 Å². The quantitative estimate of drug-likeness (QED) is 0.476. The van der Waals surface area contributed by atoms with E-state index in [1.165, 1.54) is 4.68 Å². The summed E-state index contributed by atoms with van der Waals surface area (Å²) in [6.45, 7) is 5.00. The van der Waals surface area contributed by atoms with Crippen molar-refractivity contribution in [3.05, 3.63) is 27.7 Å². The molecule has 0 amide bonds. The maximum atomic E-state index is 12.0. The molecule has 1 aromatic heterocycles. The Morgan fingerprint density at radius 1 is 1.38 bits per heavy atom. The first-order chi connectivity index (χ1) is 11.2. The van der Waals surface area contributed by atoms with E-state index in [-0.39, 0.29) is 26.5 Å². The van der Waals surface area contributed by atoms with E-state index in [0.717, 1.165) is 16.8 Å². The van der Waals surface area contributed by atoms with Gasteiger partial charge in [-0.2, -0.15) is 4.98 Å². The molecule has 0 atom stereocenters. The fraction of sp³-hybridized carbons (Fsp3) is 0.429. The van der Waals surface area contributed by atoms with E-state index >= 15 is 0 Å². The fourth-order valence-corrected chi connectivity index (χ4v) is 3.94. The van der Waals surface area contributed by atoms with Crippen LogP contribution in [0.15, 0.2) is 27.8 Å². The normalized spacial score (nSPS) is 12.1. The lowest BCUT2D eigenvalue weighted by Crippen LogP contribution is -2.14. The van der Waals surface area contributed by atoms with Crippen molar-refractivity contribution in [1.29, 1.82) is 0 Å². The Balaban J connectivity index is 2.31. The number of aromatic nitrogens is 3. The number of ether oxygens (including phenoxy) is 1. The predicted octanol–water partition coefficient (Wildman–Crippen LogP) is 3.49. The molecule has 0 fully saturated rings. The average Bonchev–Trinajstić information content (AvgIpc) is 2.87. The molecule has 0 saturated heterocycles. The van der Waals surface area contributed by atoms with Crippen LogP contribution in [0.1, 0.15) is 0 Å². The van der Waals surface area contributed by atoms with Gasteiger partial charge in [-0.15, -0.1) is 5.10 Å². The predicted molar refractivity (Wildman–Crippen MR) is 99.5 cm³/mol. The van der Waals surface area contributed by atoms with Crippen LogP contribution in [0.2, 0.25) is 24.2 Å². The minimum atomic E-state index is -3.53. The number of nitrogens with zero attached hydrogens (tertiary/aromatic N) is 3. The fourth-order valence-electron chi connectivity index (χ4n) is 1.90. The first kappa shape index (κ1) is 19.6. The molecule has 0 N–H and O–H groups in total. The Morgan fingerprint density at radius 3 is 2.67 bits per heavy atom. The molecule has 0 unspecified atom stereocenters. The maximum absolute atomic E-state index is 12.0. The smallest absolute Gasteiger partial charge is 0.248 e. The summed E-state index contributed by atoms with van der Waals surface area (Å²) in [4.78, 5) is 4.15. The van der Waals surface area contributed by atoms with E-state index < -0.39 is 9.84 Å². The van der Waals surface area contributed by atoms with Crippen molar-refractivity contribution >= 4 is 46.2 Å². The van der Waals surface area contributed by atoms with Crippen LogP contribution in [0.3, 0.4) is 0 Å². The van der Waals surface area contributed by atoms with E-state index in [1.807, 2.05) is 0 Å². The molecule has 10 heteroatoms. The van der Waals surface area contributed by atoms with Gasteiger partial charge < -0.3 is 4.74 Å². The van der Waals surface area contributed by atoms with Crippen molar-refractivity contribution in [3.63, 3.8) is 0 Å². The zero-order chi connectivity index (χ0) is 17.9. The van der Waals surface area contributed by atoms with Crippen molar-refractivity contribution in [2.75, 3.05) is 12.9 Å². The molecule has 1 radical (unpaired) electrons. The number of benzene rings is 1. The highest BCUT2D eigenvalue weighted by Gasteiger charge is 2.21. The molecule has 0 saturated carbocycles. The summed E-state index contributed by atoms with van der Waals surface area (Å²) < 4.78 is 31.6. The summed E-state index contributed by atoms with van der Waals surface area (Å²) in [6, 6.07) is 6.23. The summed E-state index contributed by atoms with van der Waals surface area (Å²) in [7, 11) is -3.92. The van der Waals surface area contributed by atoms with Gasteiger partial charge in [0, 0.05) is 31.7 Å². The zero-order valence-corrected chi connectivity index (χ0v) is 17.7. The van der Waals surface area contributed by atoms with Crippen LogP contribution in [0.25, 0.3) is 11.4 Å². The number of sulfone groups is 1. The summed E-state index contributed by atoms with van der Waals surface area (Å²) in [5, 5.41) is 4.57. The molecular formula is C14H18BrClN3O3SSi. The van der Waals surface area contributed by atoms with E-state index in [0.29, 0.717) is 17.2 Å². The van der Waals surface area contributed by atoms with E-state index in [9.17, 15) is 8.42 Å². The Kier molecular flexibility index (Phi) is 6.60. The minimum Gasteiger partial charge on any atom is -0.359 e. The van der Waals surface area contributed by atoms with Gasteiger partial charge in [0.2, 0.25) is 15.0 Å². The largest absolute Gasteiger partial charge is 0.359 e. The van der Waals surface area contributed by atoms with E-state index in [4.69, 9.17) is 16.3 Å². The summed E-state index contributed by atoms with van der Waals surface area (Å²) in [5.41, 5.74) is 0.566. The molecule has 2 rings (SSSR count). The number of rotatable bonds is 7. The van der Waals surface area contributed by atoms with Crippen LogP contribution in [0.4, 0.5) is 0 Å². The summed E-state index contributed by atoms with van der Waals surface area (Å²) in [5.74, 6) is 0.257. The lowest BCUT2D eigenvalue weighted by Gasteiger charge is -2.07. The third-order valence-electron chi connectivity index (χ3n) is 3.10. The minimum absolute atomic E-state index is 0.0404. The molecule has 0 spiro atoms. The van der Waals surface area contributed by atoms with Gasteiger partial charge in [0.25, 0.3) is 0 Å². The van der Waals surface area contributed by atoms with Gasteiger partial charge in [-0.1, -0.05) is 40.6 Å². The summed E-state index contributed by atoms with van der Waals surface area (Å²) >= 11 is 9.53. The van der Waals surface area contributed by atoms with Crippen molar-refractivity contribution < 1.29 is 13.2 Å². The van der Waals surface area contributed by atoms with Gasteiger partial charge in [0.05, 0.1) is 5.02 Å². The van der Waals surface area contributed by atoms with Gasteiger partial charge >= 0.3 is 0 Å². The topological polar surface area (TPSA) is 74.1 Å². The zero-order valence-electron chi connectivity index (χ0n) is 13.6. The second kappa shape index (κ2) is 8.09. The Bertz CT molecular complexity index is 827. The van der Waals surface area contributed by atoms with Crippen LogP contribution in [-0.2, 0) is 21.3 Å². The number of hydrogen-bond acceptors (Lipinski definition) is 5. The highest BCUT2D eigenvalue weighted by atomic mass is 79.9. The molecule has 1 aromatic carbocycles. The average molecular weight is 452 g/mol. The molecule has 0 aliphatic carbocycles. The molecule has 2 aromatic rings. The molecule has 1 heterocycles. The lowest BCUT2D eigenvalue weighted by atomic mass is 10.2. The van der Waals surface area contributed by atoms with Crippen molar-refractivity contribution in [3.8, 4) is 11.4 Å². The monoisotopic (exact) mass is 450 g/mol. The number of hydrogen-bond donors (Lipinski definition) is 0. The SMILES string of the molecule is C[Si](C)CCOCn1nc(-c2ccc(Br)cc2Cl)nc1S(C)(=O)=O. The van der Waals surface area contributed by atoms with Crippen LogP contribution in [0.5, 0.6) is 0 Å². The Morgan fingerprint density at radius 2 is 2.08 bits per heavy atom. The van der Waals surface area contributed by atoms with Crippen molar-refractivity contribution in [2.24, 2.45) is 0 Å². The van der Waals surface area contributed by atoms with Gasteiger partial charge in [-0.25, -0.2) is 13.1 Å². The molecular weight excluding hydrogens is 434 g/mol. The van der Waals surface area contributed by atoms with Crippen LogP contribution < -0.4 is 0 Å². The standard InChI is InChI=1S/C14H18BrClN3O3SSi/c1-23(20,21)14-17-13(11-5-4-10(15)8-12(11)16)18-19(14)9-22-6-7-24(2)3/h4-5,8H,6-7,9H2,1-3H3. The molecule has 0 aliphatic rings. The van der Waals surface area contributed by atoms with E-state index in [2.05, 4.69) is 39.1 Å². The van der Waals surface area contributed by atoms with Crippen LogP contribution >= 0.6 is 27.5 Å².